The molecule has 2 nitrogen and oxygen atoms in total. The number of rotatable bonds is 6. The maximum absolute atomic E-state index is 2.48. The SMILES string of the molecule is Cc1cccc(-c2ccc(N(c3ccc(-n4c5ccccc5c5cc(-c6ccccc6)ccc54)cc3)c3cc4c5c(cccc5c3)C43c4ccccc4-c4ccccc43)cc2)c1. The summed E-state index contributed by atoms with van der Waals surface area (Å²) in [5.74, 6) is 0. The van der Waals surface area contributed by atoms with Crippen LogP contribution >= 0.6 is 0 Å². The summed E-state index contributed by atoms with van der Waals surface area (Å²) in [6, 6.07) is 83.2. The molecule has 1 heterocycles. The molecule has 11 aromatic rings. The number of para-hydroxylation sites is 1. The van der Waals surface area contributed by atoms with Gasteiger partial charge < -0.3 is 9.47 Å². The first-order valence-electron chi connectivity index (χ1n) is 21.6. The second-order valence-corrected chi connectivity index (χ2v) is 17.0. The van der Waals surface area contributed by atoms with Crippen molar-refractivity contribution in [3.63, 3.8) is 0 Å². The van der Waals surface area contributed by atoms with Gasteiger partial charge in [-0.25, -0.2) is 0 Å². The first kappa shape index (κ1) is 34.9. The summed E-state index contributed by atoms with van der Waals surface area (Å²) < 4.78 is 2.41. The van der Waals surface area contributed by atoms with E-state index in [9.17, 15) is 0 Å². The van der Waals surface area contributed by atoms with E-state index in [1.807, 2.05) is 0 Å². The molecule has 0 saturated carbocycles. The molecule has 0 N–H and O–H groups in total. The lowest BCUT2D eigenvalue weighted by atomic mass is 9.58. The van der Waals surface area contributed by atoms with Crippen molar-refractivity contribution in [1.29, 1.82) is 0 Å². The average molecular weight is 789 g/mol. The molecular formula is C60H40N2. The zero-order valence-electron chi connectivity index (χ0n) is 34.3. The van der Waals surface area contributed by atoms with Crippen LogP contribution in [-0.2, 0) is 5.41 Å². The number of aromatic nitrogens is 1. The van der Waals surface area contributed by atoms with Crippen LogP contribution in [0.25, 0.3) is 71.6 Å². The molecule has 13 rings (SSSR count). The van der Waals surface area contributed by atoms with E-state index in [1.165, 1.54) is 93.8 Å². The average Bonchev–Trinajstić information content (AvgIpc) is 3.83. The predicted octanol–water partition coefficient (Wildman–Crippen LogP) is 15.7. The molecule has 0 atom stereocenters. The summed E-state index contributed by atoms with van der Waals surface area (Å²) in [6.07, 6.45) is 0. The van der Waals surface area contributed by atoms with E-state index in [4.69, 9.17) is 0 Å². The third-order valence-corrected chi connectivity index (χ3v) is 13.6. The van der Waals surface area contributed by atoms with Crippen LogP contribution in [0.2, 0.25) is 0 Å². The van der Waals surface area contributed by atoms with Crippen molar-refractivity contribution in [3.05, 3.63) is 252 Å². The van der Waals surface area contributed by atoms with Crippen LogP contribution in [0.3, 0.4) is 0 Å². The Morgan fingerprint density at radius 3 is 1.71 bits per heavy atom. The molecule has 0 bridgehead atoms. The Kier molecular flexibility index (Phi) is 7.47. The van der Waals surface area contributed by atoms with Crippen LogP contribution in [0.1, 0.15) is 27.8 Å². The van der Waals surface area contributed by atoms with Gasteiger partial charge in [-0.1, -0.05) is 163 Å². The van der Waals surface area contributed by atoms with E-state index >= 15 is 0 Å². The summed E-state index contributed by atoms with van der Waals surface area (Å²) in [4.78, 5) is 2.45. The highest BCUT2D eigenvalue weighted by molar-refractivity contribution is 6.11. The van der Waals surface area contributed by atoms with Gasteiger partial charge in [-0.2, -0.15) is 0 Å². The number of fused-ring (bicyclic) bond motifs is 10. The molecule has 0 saturated heterocycles. The molecule has 0 aliphatic heterocycles. The largest absolute Gasteiger partial charge is 0.310 e. The molecule has 1 aromatic heterocycles. The maximum atomic E-state index is 2.48. The van der Waals surface area contributed by atoms with Crippen LogP contribution in [0.5, 0.6) is 0 Å². The Hall–Kier alpha value is -7.94. The topological polar surface area (TPSA) is 8.17 Å². The molecule has 290 valence electrons. The van der Waals surface area contributed by atoms with Gasteiger partial charge in [-0.3, -0.25) is 0 Å². The standard InChI is InChI=1S/C60H40N2/c1-39-13-11-16-42(35-39)41-25-28-45(29-26-41)61(48-36-44-17-12-23-55-59(44)56(38-48)60(55)53-21-8-5-18-49(53)50-19-6-9-22-54(50)60)46-30-32-47(33-31-46)62-57-24-10-7-20-51(57)52-37-43(27-34-58(52)62)40-14-3-2-4-15-40/h2-38H,1H3. The minimum atomic E-state index is -0.320. The molecule has 2 aliphatic carbocycles. The van der Waals surface area contributed by atoms with E-state index in [1.54, 1.807) is 0 Å². The van der Waals surface area contributed by atoms with E-state index in [2.05, 4.69) is 241 Å². The molecule has 2 aliphatic rings. The molecule has 1 spiro atoms. The Morgan fingerprint density at radius 2 is 0.952 bits per heavy atom. The number of hydrogen-bond donors (Lipinski definition) is 0. The maximum Gasteiger partial charge on any atom is 0.0726 e. The highest BCUT2D eigenvalue weighted by atomic mass is 15.1. The van der Waals surface area contributed by atoms with Gasteiger partial charge in [0, 0.05) is 33.5 Å². The van der Waals surface area contributed by atoms with Gasteiger partial charge in [0.2, 0.25) is 0 Å². The van der Waals surface area contributed by atoms with Crippen molar-refractivity contribution >= 4 is 49.6 Å². The lowest BCUT2D eigenvalue weighted by Gasteiger charge is -2.44. The van der Waals surface area contributed by atoms with Gasteiger partial charge in [0.05, 0.1) is 16.4 Å². The summed E-state index contributed by atoms with van der Waals surface area (Å²) >= 11 is 0. The van der Waals surface area contributed by atoms with Crippen LogP contribution in [0.4, 0.5) is 17.1 Å². The van der Waals surface area contributed by atoms with E-state index < -0.39 is 0 Å². The second-order valence-electron chi connectivity index (χ2n) is 17.0. The highest BCUT2D eigenvalue weighted by Crippen LogP contribution is 2.64. The fourth-order valence-electron chi connectivity index (χ4n) is 10.9. The minimum absolute atomic E-state index is 0.320. The zero-order valence-corrected chi connectivity index (χ0v) is 34.3. The molecule has 62 heavy (non-hydrogen) atoms. The van der Waals surface area contributed by atoms with Gasteiger partial charge in [0.1, 0.15) is 0 Å². The van der Waals surface area contributed by atoms with Crippen molar-refractivity contribution in [2.45, 2.75) is 12.3 Å². The van der Waals surface area contributed by atoms with E-state index in [0.717, 1.165) is 22.7 Å². The van der Waals surface area contributed by atoms with Crippen molar-refractivity contribution in [1.82, 2.24) is 4.57 Å². The Bertz CT molecular complexity index is 3530. The van der Waals surface area contributed by atoms with Gasteiger partial charge >= 0.3 is 0 Å². The quantitative estimate of drug-likeness (QED) is 0.163. The fraction of sp³-hybridized carbons (Fsp3) is 0.0333. The third-order valence-electron chi connectivity index (χ3n) is 13.6. The van der Waals surface area contributed by atoms with Crippen molar-refractivity contribution < 1.29 is 0 Å². The molecule has 0 unspecified atom stereocenters. The third kappa shape index (κ3) is 4.92. The molecular weight excluding hydrogens is 749 g/mol. The number of benzene rings is 10. The van der Waals surface area contributed by atoms with Crippen LogP contribution < -0.4 is 4.90 Å². The molecule has 2 heteroatoms. The number of aryl methyl sites for hydroxylation is 1. The summed E-state index contributed by atoms with van der Waals surface area (Å²) in [6.45, 7) is 2.16. The van der Waals surface area contributed by atoms with Gasteiger partial charge in [0.25, 0.3) is 0 Å². The van der Waals surface area contributed by atoms with Gasteiger partial charge in [-0.05, 0) is 140 Å². The van der Waals surface area contributed by atoms with Crippen LogP contribution in [0, 0.1) is 6.92 Å². The monoisotopic (exact) mass is 788 g/mol. The minimum Gasteiger partial charge on any atom is -0.310 e. The first-order chi connectivity index (χ1) is 30.6. The van der Waals surface area contributed by atoms with Crippen LogP contribution in [0.15, 0.2) is 224 Å². The zero-order chi connectivity index (χ0) is 40.9. The molecule has 10 aromatic carbocycles. The smallest absolute Gasteiger partial charge is 0.0726 e. The highest BCUT2D eigenvalue weighted by Gasteiger charge is 2.53. The normalized spacial score (nSPS) is 13.0. The van der Waals surface area contributed by atoms with E-state index in [0.29, 0.717) is 0 Å². The number of nitrogens with zero attached hydrogens (tertiary/aromatic N) is 2. The summed E-state index contributed by atoms with van der Waals surface area (Å²) in [7, 11) is 0. The Balaban J connectivity index is 0.986. The fourth-order valence-corrected chi connectivity index (χ4v) is 10.9. The van der Waals surface area contributed by atoms with Crippen molar-refractivity contribution in [2.75, 3.05) is 4.90 Å². The summed E-state index contributed by atoms with van der Waals surface area (Å²) in [5.41, 5.74) is 20.9. The number of hydrogen-bond acceptors (Lipinski definition) is 1. The Morgan fingerprint density at radius 1 is 0.371 bits per heavy atom. The summed E-state index contributed by atoms with van der Waals surface area (Å²) in [5, 5.41) is 5.14. The molecule has 0 amide bonds. The lowest BCUT2D eigenvalue weighted by molar-refractivity contribution is 0.745. The van der Waals surface area contributed by atoms with Crippen molar-refractivity contribution in [3.8, 4) is 39.1 Å². The van der Waals surface area contributed by atoms with Gasteiger partial charge in [-0.15, -0.1) is 0 Å². The van der Waals surface area contributed by atoms with Gasteiger partial charge in [0.15, 0.2) is 0 Å². The van der Waals surface area contributed by atoms with Crippen LogP contribution in [-0.4, -0.2) is 4.57 Å². The molecule has 0 fully saturated rings. The predicted molar refractivity (Wildman–Crippen MR) is 259 cm³/mol. The second kappa shape index (κ2) is 13.3. The Labute approximate surface area is 361 Å². The first-order valence-corrected chi connectivity index (χ1v) is 21.6. The molecule has 0 radical (unpaired) electrons. The van der Waals surface area contributed by atoms with Crippen molar-refractivity contribution in [2.24, 2.45) is 0 Å². The lowest BCUT2D eigenvalue weighted by Crippen LogP contribution is -2.36. The number of anilines is 3. The van der Waals surface area contributed by atoms with E-state index in [-0.39, 0.29) is 5.41 Å².